The molecule has 0 saturated heterocycles. The van der Waals surface area contributed by atoms with Gasteiger partial charge in [-0.2, -0.15) is 0 Å². The summed E-state index contributed by atoms with van der Waals surface area (Å²) in [6.45, 7) is 0.485. The molecule has 4 nitrogen and oxygen atoms in total. The minimum atomic E-state index is -0.788. The standard InChI is InChI=1S/C12H19NO3/c1-14-11-6-4-5-10(9-11)12(15-2,16-3)7-8-13/h4-6,9H,7-8,13H2,1-3H3. The molecule has 0 atom stereocenters. The average molecular weight is 225 g/mol. The van der Waals surface area contributed by atoms with Crippen molar-refractivity contribution in [1.29, 1.82) is 0 Å². The number of ether oxygens (including phenoxy) is 3. The zero-order valence-electron chi connectivity index (χ0n) is 10.0. The third-order valence-electron chi connectivity index (χ3n) is 2.64. The number of benzene rings is 1. The number of rotatable bonds is 6. The molecule has 16 heavy (non-hydrogen) atoms. The highest BCUT2D eigenvalue weighted by Crippen LogP contribution is 2.31. The first kappa shape index (κ1) is 13.0. The van der Waals surface area contributed by atoms with E-state index in [9.17, 15) is 0 Å². The van der Waals surface area contributed by atoms with Crippen molar-refractivity contribution in [3.63, 3.8) is 0 Å². The predicted octanol–water partition coefficient (Wildman–Crippen LogP) is 1.49. The maximum absolute atomic E-state index is 5.58. The highest BCUT2D eigenvalue weighted by molar-refractivity contribution is 5.31. The van der Waals surface area contributed by atoms with Crippen LogP contribution in [0.1, 0.15) is 12.0 Å². The first-order chi connectivity index (χ1) is 7.72. The zero-order valence-corrected chi connectivity index (χ0v) is 10.0. The van der Waals surface area contributed by atoms with Crippen LogP contribution in [0.4, 0.5) is 0 Å². The maximum atomic E-state index is 5.58. The molecule has 0 spiro atoms. The summed E-state index contributed by atoms with van der Waals surface area (Å²) in [5.41, 5.74) is 6.49. The van der Waals surface area contributed by atoms with E-state index in [1.807, 2.05) is 24.3 Å². The fourth-order valence-corrected chi connectivity index (χ4v) is 1.72. The van der Waals surface area contributed by atoms with Gasteiger partial charge in [-0.15, -0.1) is 0 Å². The minimum Gasteiger partial charge on any atom is -0.497 e. The smallest absolute Gasteiger partial charge is 0.195 e. The van der Waals surface area contributed by atoms with Gasteiger partial charge in [0.25, 0.3) is 0 Å². The van der Waals surface area contributed by atoms with Crippen molar-refractivity contribution in [3.8, 4) is 5.75 Å². The van der Waals surface area contributed by atoms with E-state index in [2.05, 4.69) is 0 Å². The molecular formula is C12H19NO3. The third-order valence-corrected chi connectivity index (χ3v) is 2.64. The Kier molecular flexibility index (Phi) is 4.73. The minimum absolute atomic E-state index is 0.485. The highest BCUT2D eigenvalue weighted by Gasteiger charge is 2.31. The van der Waals surface area contributed by atoms with Crippen LogP contribution in [0.2, 0.25) is 0 Å². The van der Waals surface area contributed by atoms with Crippen LogP contribution < -0.4 is 10.5 Å². The molecule has 0 fully saturated rings. The lowest BCUT2D eigenvalue weighted by molar-refractivity contribution is -0.218. The van der Waals surface area contributed by atoms with Crippen LogP contribution in [-0.4, -0.2) is 27.9 Å². The van der Waals surface area contributed by atoms with Crippen LogP contribution >= 0.6 is 0 Å². The Hall–Kier alpha value is -1.10. The molecule has 0 bridgehead atoms. The molecule has 0 aliphatic carbocycles. The van der Waals surface area contributed by atoms with Crippen molar-refractivity contribution in [1.82, 2.24) is 0 Å². The number of hydrogen-bond acceptors (Lipinski definition) is 4. The lowest BCUT2D eigenvalue weighted by Gasteiger charge is -2.31. The SMILES string of the molecule is COc1cccc(C(CCN)(OC)OC)c1. The summed E-state index contributed by atoms with van der Waals surface area (Å²) in [4.78, 5) is 0. The normalized spacial score (nSPS) is 11.5. The van der Waals surface area contributed by atoms with Crippen molar-refractivity contribution in [2.75, 3.05) is 27.9 Å². The Morgan fingerprint density at radius 2 is 1.88 bits per heavy atom. The van der Waals surface area contributed by atoms with E-state index in [4.69, 9.17) is 19.9 Å². The maximum Gasteiger partial charge on any atom is 0.195 e. The average Bonchev–Trinajstić information content (AvgIpc) is 2.36. The summed E-state index contributed by atoms with van der Waals surface area (Å²) >= 11 is 0. The van der Waals surface area contributed by atoms with Crippen molar-refractivity contribution >= 4 is 0 Å². The van der Waals surface area contributed by atoms with Crippen LogP contribution in [0.25, 0.3) is 0 Å². The molecule has 0 heterocycles. The third kappa shape index (κ3) is 2.52. The van der Waals surface area contributed by atoms with Gasteiger partial charge in [0.2, 0.25) is 0 Å². The second kappa shape index (κ2) is 5.84. The number of nitrogens with two attached hydrogens (primary N) is 1. The van der Waals surface area contributed by atoms with Gasteiger partial charge in [-0.1, -0.05) is 12.1 Å². The van der Waals surface area contributed by atoms with Crippen LogP contribution in [0.5, 0.6) is 5.75 Å². The van der Waals surface area contributed by atoms with E-state index >= 15 is 0 Å². The summed E-state index contributed by atoms with van der Waals surface area (Å²) in [6.07, 6.45) is 0.590. The fraction of sp³-hybridized carbons (Fsp3) is 0.500. The Bertz CT molecular complexity index is 324. The van der Waals surface area contributed by atoms with Gasteiger partial charge in [0.15, 0.2) is 5.79 Å². The van der Waals surface area contributed by atoms with E-state index in [-0.39, 0.29) is 0 Å². The zero-order chi connectivity index (χ0) is 12.0. The molecule has 0 amide bonds. The molecule has 90 valence electrons. The van der Waals surface area contributed by atoms with Gasteiger partial charge in [0, 0.05) is 26.2 Å². The Morgan fingerprint density at radius 3 is 2.38 bits per heavy atom. The van der Waals surface area contributed by atoms with Gasteiger partial charge < -0.3 is 19.9 Å². The van der Waals surface area contributed by atoms with Crippen LogP contribution in [0, 0.1) is 0 Å². The molecule has 0 aliphatic heterocycles. The molecule has 0 saturated carbocycles. The van der Waals surface area contributed by atoms with Crippen molar-refractivity contribution in [2.24, 2.45) is 5.73 Å². The molecule has 2 N–H and O–H groups in total. The Balaban J connectivity index is 3.08. The quantitative estimate of drug-likeness (QED) is 0.745. The van der Waals surface area contributed by atoms with Crippen LogP contribution in [-0.2, 0) is 15.3 Å². The molecule has 0 aromatic heterocycles. The van der Waals surface area contributed by atoms with Gasteiger partial charge in [-0.25, -0.2) is 0 Å². The molecular weight excluding hydrogens is 206 g/mol. The van der Waals surface area contributed by atoms with Crippen molar-refractivity contribution < 1.29 is 14.2 Å². The largest absolute Gasteiger partial charge is 0.497 e. The summed E-state index contributed by atoms with van der Waals surface area (Å²) in [5, 5.41) is 0. The summed E-state index contributed by atoms with van der Waals surface area (Å²) in [6, 6.07) is 7.60. The second-order valence-corrected chi connectivity index (χ2v) is 3.43. The lowest BCUT2D eigenvalue weighted by atomic mass is 10.0. The Morgan fingerprint density at radius 1 is 1.19 bits per heavy atom. The predicted molar refractivity (Wildman–Crippen MR) is 62.4 cm³/mol. The molecule has 0 aliphatic rings. The number of methoxy groups -OCH3 is 3. The molecule has 0 unspecified atom stereocenters. The van der Waals surface area contributed by atoms with Crippen LogP contribution in [0.15, 0.2) is 24.3 Å². The summed E-state index contributed by atoms with van der Waals surface area (Å²) in [7, 11) is 4.85. The van der Waals surface area contributed by atoms with Gasteiger partial charge in [-0.3, -0.25) is 0 Å². The molecule has 4 heteroatoms. The first-order valence-corrected chi connectivity index (χ1v) is 5.17. The summed E-state index contributed by atoms with van der Waals surface area (Å²) < 4.78 is 16.1. The second-order valence-electron chi connectivity index (χ2n) is 3.43. The van der Waals surface area contributed by atoms with E-state index in [0.717, 1.165) is 11.3 Å². The number of hydrogen-bond donors (Lipinski definition) is 1. The Labute approximate surface area is 96.3 Å². The van der Waals surface area contributed by atoms with Gasteiger partial charge in [-0.05, 0) is 18.7 Å². The van der Waals surface area contributed by atoms with E-state index < -0.39 is 5.79 Å². The lowest BCUT2D eigenvalue weighted by Crippen LogP contribution is -2.33. The van der Waals surface area contributed by atoms with Gasteiger partial charge >= 0.3 is 0 Å². The summed E-state index contributed by atoms with van der Waals surface area (Å²) in [5.74, 6) is -0.0171. The van der Waals surface area contributed by atoms with E-state index in [0.29, 0.717) is 13.0 Å². The van der Waals surface area contributed by atoms with Crippen molar-refractivity contribution in [3.05, 3.63) is 29.8 Å². The van der Waals surface area contributed by atoms with E-state index in [1.165, 1.54) is 0 Å². The molecule has 1 aromatic rings. The molecule has 1 aromatic carbocycles. The molecule has 1 rings (SSSR count). The topological polar surface area (TPSA) is 53.7 Å². The molecule has 0 radical (unpaired) electrons. The van der Waals surface area contributed by atoms with Crippen molar-refractivity contribution in [2.45, 2.75) is 12.2 Å². The monoisotopic (exact) mass is 225 g/mol. The highest BCUT2D eigenvalue weighted by atomic mass is 16.7. The van der Waals surface area contributed by atoms with Crippen LogP contribution in [0.3, 0.4) is 0 Å². The first-order valence-electron chi connectivity index (χ1n) is 5.17. The van der Waals surface area contributed by atoms with Gasteiger partial charge in [0.05, 0.1) is 7.11 Å². The van der Waals surface area contributed by atoms with E-state index in [1.54, 1.807) is 21.3 Å². The fourth-order valence-electron chi connectivity index (χ4n) is 1.72. The van der Waals surface area contributed by atoms with Gasteiger partial charge in [0.1, 0.15) is 5.75 Å².